The van der Waals surface area contributed by atoms with Gasteiger partial charge < -0.3 is 9.80 Å². The van der Waals surface area contributed by atoms with Crippen molar-refractivity contribution in [3.8, 4) is 0 Å². The summed E-state index contributed by atoms with van der Waals surface area (Å²) >= 11 is 0. The monoisotopic (exact) mass is 382 g/mol. The molecule has 3 heteroatoms. The summed E-state index contributed by atoms with van der Waals surface area (Å²) in [6.45, 7) is 6.24. The molecule has 0 radical (unpaired) electrons. The predicted octanol–water partition coefficient (Wildman–Crippen LogP) is 5.79. The Kier molecular flexibility index (Phi) is 5.22. The molecule has 0 aliphatic carbocycles. The fraction of sp³-hybridized carbons (Fsp3) is 0.192. The van der Waals surface area contributed by atoms with Crippen molar-refractivity contribution < 1.29 is 4.79 Å². The third-order valence-electron chi connectivity index (χ3n) is 5.33. The summed E-state index contributed by atoms with van der Waals surface area (Å²) in [4.78, 5) is 17.8. The van der Waals surface area contributed by atoms with Crippen LogP contribution in [0.4, 0.5) is 5.69 Å². The Balaban J connectivity index is 1.93. The molecule has 1 unspecified atom stereocenters. The van der Waals surface area contributed by atoms with Crippen LogP contribution in [-0.4, -0.2) is 16.8 Å². The maximum atomic E-state index is 13.6. The molecule has 146 valence electrons. The van der Waals surface area contributed by atoms with Crippen molar-refractivity contribution in [3.63, 3.8) is 0 Å². The summed E-state index contributed by atoms with van der Waals surface area (Å²) in [5.74, 6) is 0.0587. The average Bonchev–Trinajstić information content (AvgIpc) is 2.75. The molecule has 1 heterocycles. The van der Waals surface area contributed by atoms with E-state index in [1.165, 1.54) is 5.56 Å². The average molecular weight is 383 g/mol. The van der Waals surface area contributed by atoms with Gasteiger partial charge in [-0.15, -0.1) is 0 Å². The van der Waals surface area contributed by atoms with Crippen LogP contribution in [0.1, 0.15) is 36.7 Å². The molecule has 29 heavy (non-hydrogen) atoms. The van der Waals surface area contributed by atoms with Crippen molar-refractivity contribution in [1.29, 1.82) is 0 Å². The molecule has 0 aromatic heterocycles. The van der Waals surface area contributed by atoms with Crippen molar-refractivity contribution in [1.82, 2.24) is 4.90 Å². The van der Waals surface area contributed by atoms with Gasteiger partial charge in [-0.3, -0.25) is 4.79 Å². The van der Waals surface area contributed by atoms with Crippen LogP contribution in [0.15, 0.2) is 91.1 Å². The van der Waals surface area contributed by atoms with Crippen molar-refractivity contribution in [3.05, 3.63) is 108 Å². The lowest BCUT2D eigenvalue weighted by atomic mass is 9.98. The number of hydrogen-bond donors (Lipinski definition) is 0. The highest BCUT2D eigenvalue weighted by atomic mass is 16.2. The molecular weight excluding hydrogens is 356 g/mol. The molecule has 0 saturated heterocycles. The van der Waals surface area contributed by atoms with E-state index < -0.39 is 0 Å². The maximum Gasteiger partial charge on any atom is 0.258 e. The Bertz CT molecular complexity index is 1010. The molecule has 3 aromatic rings. The van der Waals surface area contributed by atoms with E-state index in [0.717, 1.165) is 16.8 Å². The predicted molar refractivity (Wildman–Crippen MR) is 119 cm³/mol. The van der Waals surface area contributed by atoms with Crippen molar-refractivity contribution >= 4 is 17.2 Å². The zero-order valence-electron chi connectivity index (χ0n) is 17.1. The Morgan fingerprint density at radius 2 is 1.38 bits per heavy atom. The first kappa shape index (κ1) is 19.0. The van der Waals surface area contributed by atoms with Gasteiger partial charge in [0.25, 0.3) is 5.91 Å². The second-order valence-corrected chi connectivity index (χ2v) is 7.74. The lowest BCUT2D eigenvalue weighted by Crippen LogP contribution is -2.50. The SMILES string of the molecule is Cc1ccc(N2C=C(c3ccccc3)C(=O)N(C(C)C)C2c2ccccc2)cc1. The number of rotatable bonds is 4. The van der Waals surface area contributed by atoms with Crippen LogP contribution in [0.25, 0.3) is 5.57 Å². The van der Waals surface area contributed by atoms with Crippen LogP contribution >= 0.6 is 0 Å². The smallest absolute Gasteiger partial charge is 0.258 e. The molecule has 1 atom stereocenters. The molecule has 1 aliphatic heterocycles. The number of carbonyl (C=O) groups is 1. The van der Waals surface area contributed by atoms with Crippen LogP contribution in [0.5, 0.6) is 0 Å². The van der Waals surface area contributed by atoms with Gasteiger partial charge in [0.2, 0.25) is 0 Å². The Hall–Kier alpha value is -3.33. The molecule has 0 spiro atoms. The lowest BCUT2D eigenvalue weighted by molar-refractivity contribution is -0.129. The van der Waals surface area contributed by atoms with E-state index in [1.54, 1.807) is 0 Å². The largest absolute Gasteiger partial charge is 0.322 e. The number of carbonyl (C=O) groups excluding carboxylic acids is 1. The van der Waals surface area contributed by atoms with Gasteiger partial charge >= 0.3 is 0 Å². The minimum absolute atomic E-state index is 0.0491. The summed E-state index contributed by atoms with van der Waals surface area (Å²) in [6, 6.07) is 28.7. The molecule has 1 amide bonds. The second kappa shape index (κ2) is 7.96. The van der Waals surface area contributed by atoms with E-state index in [1.807, 2.05) is 59.6 Å². The summed E-state index contributed by atoms with van der Waals surface area (Å²) in [5, 5.41) is 0. The van der Waals surface area contributed by atoms with E-state index >= 15 is 0 Å². The van der Waals surface area contributed by atoms with E-state index in [9.17, 15) is 4.79 Å². The van der Waals surface area contributed by atoms with Gasteiger partial charge in [-0.05, 0) is 44.0 Å². The van der Waals surface area contributed by atoms with Crippen LogP contribution in [0.2, 0.25) is 0 Å². The number of nitrogens with zero attached hydrogens (tertiary/aromatic N) is 2. The van der Waals surface area contributed by atoms with Gasteiger partial charge in [0, 0.05) is 17.9 Å². The van der Waals surface area contributed by atoms with E-state index in [-0.39, 0.29) is 18.1 Å². The molecular formula is C26H26N2O. The third-order valence-corrected chi connectivity index (χ3v) is 5.33. The normalized spacial score (nSPS) is 16.9. The number of hydrogen-bond acceptors (Lipinski definition) is 2. The number of aryl methyl sites for hydroxylation is 1. The van der Waals surface area contributed by atoms with Crippen molar-refractivity contribution in [2.45, 2.75) is 33.0 Å². The van der Waals surface area contributed by atoms with Gasteiger partial charge in [0.15, 0.2) is 0 Å². The van der Waals surface area contributed by atoms with Crippen LogP contribution < -0.4 is 4.90 Å². The first-order valence-electron chi connectivity index (χ1n) is 10.1. The number of anilines is 1. The minimum atomic E-state index is -0.195. The molecule has 4 rings (SSSR count). The van der Waals surface area contributed by atoms with Crippen molar-refractivity contribution in [2.24, 2.45) is 0 Å². The zero-order valence-corrected chi connectivity index (χ0v) is 17.1. The Labute approximate surface area is 172 Å². The fourth-order valence-corrected chi connectivity index (χ4v) is 3.86. The minimum Gasteiger partial charge on any atom is -0.322 e. The molecule has 1 aliphatic rings. The zero-order chi connectivity index (χ0) is 20.4. The highest BCUT2D eigenvalue weighted by Gasteiger charge is 2.38. The highest BCUT2D eigenvalue weighted by molar-refractivity contribution is 6.21. The third kappa shape index (κ3) is 3.68. The Morgan fingerprint density at radius 3 is 1.97 bits per heavy atom. The van der Waals surface area contributed by atoms with Crippen LogP contribution in [-0.2, 0) is 4.79 Å². The highest BCUT2D eigenvalue weighted by Crippen LogP contribution is 2.39. The molecule has 3 nitrogen and oxygen atoms in total. The maximum absolute atomic E-state index is 13.6. The van der Waals surface area contributed by atoms with Crippen molar-refractivity contribution in [2.75, 3.05) is 4.90 Å². The quantitative estimate of drug-likeness (QED) is 0.570. The lowest BCUT2D eigenvalue weighted by Gasteiger charge is -2.45. The summed E-state index contributed by atoms with van der Waals surface area (Å²) < 4.78 is 0. The number of amides is 1. The van der Waals surface area contributed by atoms with Gasteiger partial charge in [-0.1, -0.05) is 78.4 Å². The van der Waals surface area contributed by atoms with Gasteiger partial charge in [-0.2, -0.15) is 0 Å². The number of benzene rings is 3. The summed E-state index contributed by atoms with van der Waals surface area (Å²) in [7, 11) is 0. The standard InChI is InChI=1S/C26H26N2O/c1-19(2)28-25(22-12-8-5-9-13-22)27(23-16-14-20(3)15-17-23)18-24(26(28)29)21-10-6-4-7-11-21/h4-19,25H,1-3H3. The fourth-order valence-electron chi connectivity index (χ4n) is 3.86. The van der Waals surface area contributed by atoms with Gasteiger partial charge in [0.05, 0.1) is 5.57 Å². The topological polar surface area (TPSA) is 23.6 Å². The molecule has 0 N–H and O–H groups in total. The van der Waals surface area contributed by atoms with Crippen LogP contribution in [0, 0.1) is 6.92 Å². The first-order valence-corrected chi connectivity index (χ1v) is 10.1. The molecule has 3 aromatic carbocycles. The van der Waals surface area contributed by atoms with E-state index in [2.05, 4.69) is 62.1 Å². The van der Waals surface area contributed by atoms with Gasteiger partial charge in [-0.25, -0.2) is 0 Å². The molecule has 0 bridgehead atoms. The second-order valence-electron chi connectivity index (χ2n) is 7.74. The van der Waals surface area contributed by atoms with E-state index in [4.69, 9.17) is 0 Å². The Morgan fingerprint density at radius 1 is 0.793 bits per heavy atom. The summed E-state index contributed by atoms with van der Waals surface area (Å²) in [6.07, 6.45) is 1.82. The summed E-state index contributed by atoms with van der Waals surface area (Å²) in [5.41, 5.74) is 5.03. The van der Waals surface area contributed by atoms with E-state index in [0.29, 0.717) is 5.57 Å². The van der Waals surface area contributed by atoms with Gasteiger partial charge in [0.1, 0.15) is 6.17 Å². The molecule has 0 fully saturated rings. The first-order chi connectivity index (χ1) is 14.1. The van der Waals surface area contributed by atoms with Crippen LogP contribution in [0.3, 0.4) is 0 Å². The molecule has 0 saturated carbocycles.